The van der Waals surface area contributed by atoms with Crippen LogP contribution in [0.3, 0.4) is 0 Å². The zero-order valence-corrected chi connectivity index (χ0v) is 12.9. The van der Waals surface area contributed by atoms with Crippen LogP contribution in [0.2, 0.25) is 0 Å². The SMILES string of the molecule is CCC1CCCCC1c1cccc(OC)c1.CNC. The van der Waals surface area contributed by atoms with Gasteiger partial charge in [-0.25, -0.2) is 0 Å². The molecule has 1 aromatic rings. The van der Waals surface area contributed by atoms with E-state index in [1.807, 2.05) is 20.2 Å². The molecule has 1 aliphatic rings. The van der Waals surface area contributed by atoms with Crippen LogP contribution in [0.25, 0.3) is 0 Å². The Bertz CT molecular complexity index is 351. The second kappa shape index (κ2) is 8.98. The molecule has 2 heteroatoms. The molecule has 1 saturated carbocycles. The van der Waals surface area contributed by atoms with Crippen LogP contribution in [0.1, 0.15) is 50.5 Å². The maximum absolute atomic E-state index is 5.31. The zero-order valence-electron chi connectivity index (χ0n) is 12.9. The van der Waals surface area contributed by atoms with Gasteiger partial charge >= 0.3 is 0 Å². The Kier molecular flexibility index (Phi) is 7.57. The van der Waals surface area contributed by atoms with E-state index in [2.05, 4.69) is 30.4 Å². The summed E-state index contributed by atoms with van der Waals surface area (Å²) in [6.45, 7) is 2.32. The summed E-state index contributed by atoms with van der Waals surface area (Å²) in [5, 5.41) is 2.75. The van der Waals surface area contributed by atoms with Crippen LogP contribution < -0.4 is 10.1 Å². The van der Waals surface area contributed by atoms with E-state index in [0.717, 1.165) is 17.6 Å². The highest BCUT2D eigenvalue weighted by atomic mass is 16.5. The van der Waals surface area contributed by atoms with Gasteiger partial charge in [0.2, 0.25) is 0 Å². The largest absolute Gasteiger partial charge is 0.497 e. The van der Waals surface area contributed by atoms with E-state index in [-0.39, 0.29) is 0 Å². The number of benzene rings is 1. The van der Waals surface area contributed by atoms with E-state index >= 15 is 0 Å². The normalized spacial score (nSPS) is 22.3. The summed E-state index contributed by atoms with van der Waals surface area (Å²) >= 11 is 0. The summed E-state index contributed by atoms with van der Waals surface area (Å²) in [6, 6.07) is 8.64. The lowest BCUT2D eigenvalue weighted by atomic mass is 9.74. The first-order chi connectivity index (χ1) is 9.26. The molecule has 0 heterocycles. The Morgan fingerprint density at radius 2 is 1.89 bits per heavy atom. The Labute approximate surface area is 118 Å². The van der Waals surface area contributed by atoms with Gasteiger partial charge in [-0.3, -0.25) is 0 Å². The second-order valence-electron chi connectivity index (χ2n) is 5.34. The van der Waals surface area contributed by atoms with E-state index in [9.17, 15) is 0 Å². The molecule has 2 atom stereocenters. The fraction of sp³-hybridized carbons (Fsp3) is 0.647. The van der Waals surface area contributed by atoms with Crippen molar-refractivity contribution in [1.82, 2.24) is 5.32 Å². The smallest absolute Gasteiger partial charge is 0.119 e. The van der Waals surface area contributed by atoms with Gasteiger partial charge in [-0.15, -0.1) is 0 Å². The molecule has 2 nitrogen and oxygen atoms in total. The summed E-state index contributed by atoms with van der Waals surface area (Å²) in [4.78, 5) is 0. The number of hydrogen-bond acceptors (Lipinski definition) is 2. The molecule has 0 bridgehead atoms. The van der Waals surface area contributed by atoms with Crippen molar-refractivity contribution < 1.29 is 4.74 Å². The molecule has 1 N–H and O–H groups in total. The first-order valence-electron chi connectivity index (χ1n) is 7.49. The van der Waals surface area contributed by atoms with Gasteiger partial charge in [0.25, 0.3) is 0 Å². The third-order valence-electron chi connectivity index (χ3n) is 3.96. The maximum Gasteiger partial charge on any atom is 0.119 e. The molecular formula is C17H29NO. The van der Waals surface area contributed by atoms with E-state index in [0.29, 0.717) is 0 Å². The lowest BCUT2D eigenvalue weighted by Gasteiger charge is -2.31. The van der Waals surface area contributed by atoms with Crippen LogP contribution in [0.15, 0.2) is 24.3 Å². The monoisotopic (exact) mass is 263 g/mol. The molecule has 1 fully saturated rings. The van der Waals surface area contributed by atoms with Gasteiger partial charge in [0.15, 0.2) is 0 Å². The first kappa shape index (κ1) is 16.0. The van der Waals surface area contributed by atoms with Crippen LogP contribution in [0.5, 0.6) is 5.75 Å². The van der Waals surface area contributed by atoms with Gasteiger partial charge in [0.1, 0.15) is 5.75 Å². The van der Waals surface area contributed by atoms with Crippen LogP contribution in [0, 0.1) is 5.92 Å². The van der Waals surface area contributed by atoms with Gasteiger partial charge in [0.05, 0.1) is 7.11 Å². The van der Waals surface area contributed by atoms with Crippen LogP contribution in [-0.2, 0) is 0 Å². The van der Waals surface area contributed by atoms with E-state index in [1.54, 1.807) is 7.11 Å². The minimum atomic E-state index is 0.758. The minimum Gasteiger partial charge on any atom is -0.497 e. The maximum atomic E-state index is 5.31. The van der Waals surface area contributed by atoms with Crippen molar-refractivity contribution in [1.29, 1.82) is 0 Å². The molecule has 0 radical (unpaired) electrons. The van der Waals surface area contributed by atoms with Gasteiger partial charge in [-0.05, 0) is 56.5 Å². The predicted molar refractivity (Wildman–Crippen MR) is 83.0 cm³/mol. The van der Waals surface area contributed by atoms with Crippen LogP contribution in [0.4, 0.5) is 0 Å². The lowest BCUT2D eigenvalue weighted by molar-refractivity contribution is 0.298. The molecule has 19 heavy (non-hydrogen) atoms. The van der Waals surface area contributed by atoms with Crippen molar-refractivity contribution in [2.24, 2.45) is 5.92 Å². The Morgan fingerprint density at radius 1 is 1.21 bits per heavy atom. The average Bonchev–Trinajstić information content (AvgIpc) is 2.48. The fourth-order valence-electron chi connectivity index (χ4n) is 3.01. The number of methoxy groups -OCH3 is 1. The second-order valence-corrected chi connectivity index (χ2v) is 5.34. The molecule has 2 rings (SSSR count). The number of hydrogen-bond donors (Lipinski definition) is 1. The standard InChI is InChI=1S/C15H22O.C2H7N/c1-3-12-7-4-5-10-15(12)13-8-6-9-14(11-13)16-2;1-3-2/h6,8-9,11-12,15H,3-5,7,10H2,1-2H3;3H,1-2H3. The zero-order chi connectivity index (χ0) is 14.1. The van der Waals surface area contributed by atoms with Gasteiger partial charge < -0.3 is 10.1 Å². The summed E-state index contributed by atoms with van der Waals surface area (Å²) in [5.41, 5.74) is 1.48. The highest BCUT2D eigenvalue weighted by molar-refractivity contribution is 5.31. The fourth-order valence-corrected chi connectivity index (χ4v) is 3.01. The van der Waals surface area contributed by atoms with Crippen molar-refractivity contribution in [3.05, 3.63) is 29.8 Å². The van der Waals surface area contributed by atoms with E-state index in [4.69, 9.17) is 4.74 Å². The van der Waals surface area contributed by atoms with Gasteiger partial charge in [-0.2, -0.15) is 0 Å². The average molecular weight is 263 g/mol. The molecule has 1 aromatic carbocycles. The highest BCUT2D eigenvalue weighted by Crippen LogP contribution is 2.40. The highest BCUT2D eigenvalue weighted by Gasteiger charge is 2.25. The van der Waals surface area contributed by atoms with Crippen LogP contribution in [-0.4, -0.2) is 21.2 Å². The van der Waals surface area contributed by atoms with Gasteiger partial charge in [-0.1, -0.05) is 38.3 Å². The molecule has 1 aliphatic carbocycles. The number of ether oxygens (including phenoxy) is 1. The number of nitrogens with one attached hydrogen (secondary N) is 1. The minimum absolute atomic E-state index is 0.758. The third kappa shape index (κ3) is 4.87. The van der Waals surface area contributed by atoms with Crippen molar-refractivity contribution in [2.45, 2.75) is 44.9 Å². The van der Waals surface area contributed by atoms with Crippen molar-refractivity contribution >= 4 is 0 Å². The Balaban J connectivity index is 0.000000550. The summed E-state index contributed by atoms with van der Waals surface area (Å²) in [5.74, 6) is 2.63. The van der Waals surface area contributed by atoms with Crippen molar-refractivity contribution in [3.8, 4) is 5.75 Å². The van der Waals surface area contributed by atoms with Gasteiger partial charge in [0, 0.05) is 0 Å². The molecular weight excluding hydrogens is 234 g/mol. The quantitative estimate of drug-likeness (QED) is 0.882. The van der Waals surface area contributed by atoms with E-state index in [1.165, 1.54) is 37.7 Å². The molecule has 2 unspecified atom stereocenters. The summed E-state index contributed by atoms with van der Waals surface area (Å²) in [6.07, 6.45) is 6.86. The Morgan fingerprint density at radius 3 is 2.53 bits per heavy atom. The molecule has 0 aromatic heterocycles. The van der Waals surface area contributed by atoms with E-state index < -0.39 is 0 Å². The molecule has 108 valence electrons. The predicted octanol–water partition coefficient (Wildman–Crippen LogP) is 4.21. The number of rotatable bonds is 3. The topological polar surface area (TPSA) is 21.3 Å². The van der Waals surface area contributed by atoms with Crippen molar-refractivity contribution in [2.75, 3.05) is 21.2 Å². The molecule has 0 spiro atoms. The molecule has 0 aliphatic heterocycles. The Hall–Kier alpha value is -1.02. The lowest BCUT2D eigenvalue weighted by Crippen LogP contribution is -2.17. The summed E-state index contributed by atoms with van der Waals surface area (Å²) in [7, 11) is 5.50. The molecule has 0 saturated heterocycles. The summed E-state index contributed by atoms with van der Waals surface area (Å²) < 4.78 is 5.31. The third-order valence-corrected chi connectivity index (χ3v) is 3.96. The first-order valence-corrected chi connectivity index (χ1v) is 7.49. The molecule has 0 amide bonds. The van der Waals surface area contributed by atoms with Crippen LogP contribution >= 0.6 is 0 Å². The van der Waals surface area contributed by atoms with Crippen molar-refractivity contribution in [3.63, 3.8) is 0 Å².